The van der Waals surface area contributed by atoms with E-state index in [4.69, 9.17) is 0 Å². The Balaban J connectivity index is 2.29. The van der Waals surface area contributed by atoms with Crippen LogP contribution in [-0.2, 0) is 0 Å². The first-order valence-electron chi connectivity index (χ1n) is 4.36. The first-order valence-corrected chi connectivity index (χ1v) is 5.49. The molecule has 0 aliphatic carbocycles. The van der Waals surface area contributed by atoms with Crippen LogP contribution in [0, 0.1) is 0 Å². The fourth-order valence-electron chi connectivity index (χ4n) is 1.24. The van der Waals surface area contributed by atoms with E-state index in [-0.39, 0.29) is 5.78 Å². The summed E-state index contributed by atoms with van der Waals surface area (Å²) in [6.07, 6.45) is 1.64. The summed E-state index contributed by atoms with van der Waals surface area (Å²) in [6.45, 7) is 0. The highest BCUT2D eigenvalue weighted by Crippen LogP contribution is 2.16. The quantitative estimate of drug-likeness (QED) is 0.683. The number of aromatic nitrogens is 3. The molecule has 2 aromatic rings. The summed E-state index contributed by atoms with van der Waals surface area (Å²) in [6, 6.07) is 7.28. The van der Waals surface area contributed by atoms with Crippen molar-refractivity contribution in [1.82, 2.24) is 15.4 Å². The third kappa shape index (κ3) is 2.12. The van der Waals surface area contributed by atoms with E-state index in [1.807, 2.05) is 12.1 Å². The number of carbonyl (C=O) groups excluding carboxylic acids is 1. The predicted molar refractivity (Wildman–Crippen MR) is 59.9 cm³/mol. The highest BCUT2D eigenvalue weighted by atomic mass is 79.9. The van der Waals surface area contributed by atoms with Crippen molar-refractivity contribution >= 4 is 21.7 Å². The number of H-pyrrole nitrogens is 1. The third-order valence-electron chi connectivity index (χ3n) is 2.04. The Hall–Kier alpha value is -1.49. The molecule has 4 nitrogen and oxygen atoms in total. The lowest BCUT2D eigenvalue weighted by atomic mass is 10.1. The zero-order valence-corrected chi connectivity index (χ0v) is 9.36. The average Bonchev–Trinajstić information content (AvgIpc) is 2.82. The normalized spacial score (nSPS) is 10.2. The van der Waals surface area contributed by atoms with Gasteiger partial charge in [-0.05, 0) is 0 Å². The van der Waals surface area contributed by atoms with Crippen LogP contribution in [-0.4, -0.2) is 26.5 Å². The number of carbonyl (C=O) groups is 1. The molecule has 0 amide bonds. The fraction of sp³-hybridized carbons (Fsp3) is 0.100. The molecule has 0 unspecified atom stereocenters. The van der Waals surface area contributed by atoms with Crippen molar-refractivity contribution in [2.24, 2.45) is 0 Å². The smallest absolute Gasteiger partial charge is 0.173 e. The van der Waals surface area contributed by atoms with Gasteiger partial charge in [0, 0.05) is 11.1 Å². The second-order valence-corrected chi connectivity index (χ2v) is 3.55. The van der Waals surface area contributed by atoms with Crippen molar-refractivity contribution in [3.8, 4) is 11.3 Å². The maximum absolute atomic E-state index is 11.3. The van der Waals surface area contributed by atoms with Crippen LogP contribution in [0.15, 0.2) is 30.5 Å². The zero-order valence-electron chi connectivity index (χ0n) is 7.77. The molecule has 0 aliphatic rings. The van der Waals surface area contributed by atoms with Crippen LogP contribution in [0.4, 0.5) is 0 Å². The van der Waals surface area contributed by atoms with Crippen LogP contribution in [0.2, 0.25) is 0 Å². The first kappa shape index (κ1) is 10.0. The molecule has 0 spiro atoms. The number of benzene rings is 1. The first-order chi connectivity index (χ1) is 7.31. The molecule has 1 aromatic carbocycles. The summed E-state index contributed by atoms with van der Waals surface area (Å²) >= 11 is 3.13. The Kier molecular flexibility index (Phi) is 2.91. The van der Waals surface area contributed by atoms with E-state index >= 15 is 0 Å². The fourth-order valence-corrected chi connectivity index (χ4v) is 1.57. The largest absolute Gasteiger partial charge is 0.293 e. The standard InChI is InChI=1S/C10H8BrN3O/c11-5-10(15)8-3-1-7(2-4-8)9-6-12-14-13-9/h1-4,6H,5H2,(H,12,13,14). The van der Waals surface area contributed by atoms with Gasteiger partial charge < -0.3 is 0 Å². The Bertz CT molecular complexity index is 450. The maximum Gasteiger partial charge on any atom is 0.173 e. The SMILES string of the molecule is O=C(CBr)c1ccc(-c2cn[nH]n2)cc1. The number of hydrogen-bond donors (Lipinski definition) is 1. The molecule has 0 aliphatic heterocycles. The van der Waals surface area contributed by atoms with Crippen LogP contribution in [0.25, 0.3) is 11.3 Å². The van der Waals surface area contributed by atoms with Gasteiger partial charge in [-0.25, -0.2) is 0 Å². The van der Waals surface area contributed by atoms with Gasteiger partial charge >= 0.3 is 0 Å². The number of halogens is 1. The van der Waals surface area contributed by atoms with Gasteiger partial charge in [0.2, 0.25) is 0 Å². The summed E-state index contributed by atoms with van der Waals surface area (Å²) in [4.78, 5) is 11.3. The van der Waals surface area contributed by atoms with Crippen LogP contribution < -0.4 is 0 Å². The van der Waals surface area contributed by atoms with Gasteiger partial charge in [0.25, 0.3) is 0 Å². The lowest BCUT2D eigenvalue weighted by Crippen LogP contribution is -1.98. The number of alkyl halides is 1. The summed E-state index contributed by atoms with van der Waals surface area (Å²) in [5.41, 5.74) is 2.40. The molecule has 0 bridgehead atoms. The Morgan fingerprint density at radius 2 is 2.07 bits per heavy atom. The molecular formula is C10H8BrN3O. The van der Waals surface area contributed by atoms with Gasteiger partial charge in [0.05, 0.1) is 11.5 Å². The number of Topliss-reactive ketones (excluding diaryl/α,β-unsaturated/α-hetero) is 1. The van der Waals surface area contributed by atoms with Crippen molar-refractivity contribution in [2.45, 2.75) is 0 Å². The molecule has 5 heteroatoms. The monoisotopic (exact) mass is 265 g/mol. The molecule has 0 saturated heterocycles. The second-order valence-electron chi connectivity index (χ2n) is 2.99. The van der Waals surface area contributed by atoms with Crippen LogP contribution in [0.1, 0.15) is 10.4 Å². The minimum absolute atomic E-state index is 0.0710. The topological polar surface area (TPSA) is 58.6 Å². The van der Waals surface area contributed by atoms with Gasteiger partial charge in [0.1, 0.15) is 5.69 Å². The maximum atomic E-state index is 11.3. The van der Waals surface area contributed by atoms with E-state index in [2.05, 4.69) is 31.3 Å². The lowest BCUT2D eigenvalue weighted by molar-refractivity contribution is 0.102. The van der Waals surface area contributed by atoms with Crippen molar-refractivity contribution < 1.29 is 4.79 Å². The number of rotatable bonds is 3. The Morgan fingerprint density at radius 1 is 1.33 bits per heavy atom. The van der Waals surface area contributed by atoms with Crippen molar-refractivity contribution in [2.75, 3.05) is 5.33 Å². The molecule has 2 rings (SSSR count). The zero-order chi connectivity index (χ0) is 10.7. The summed E-state index contributed by atoms with van der Waals surface area (Å²) in [5, 5.41) is 10.6. The number of ketones is 1. The highest BCUT2D eigenvalue weighted by molar-refractivity contribution is 9.09. The van der Waals surface area contributed by atoms with Crippen molar-refractivity contribution in [3.63, 3.8) is 0 Å². The molecule has 0 saturated carbocycles. The lowest BCUT2D eigenvalue weighted by Gasteiger charge is -1.98. The Labute approximate surface area is 94.8 Å². The van der Waals surface area contributed by atoms with Crippen LogP contribution in [0.3, 0.4) is 0 Å². The summed E-state index contributed by atoms with van der Waals surface area (Å²) in [5.74, 6) is 0.0710. The Morgan fingerprint density at radius 3 is 2.60 bits per heavy atom. The highest BCUT2D eigenvalue weighted by Gasteiger charge is 2.05. The molecular weight excluding hydrogens is 258 g/mol. The number of hydrogen-bond acceptors (Lipinski definition) is 3. The summed E-state index contributed by atoms with van der Waals surface area (Å²) in [7, 11) is 0. The van der Waals surface area contributed by atoms with E-state index in [0.717, 1.165) is 11.3 Å². The minimum atomic E-state index is 0.0710. The van der Waals surface area contributed by atoms with Crippen LogP contribution in [0.5, 0.6) is 0 Å². The van der Waals surface area contributed by atoms with E-state index < -0.39 is 0 Å². The van der Waals surface area contributed by atoms with E-state index in [9.17, 15) is 4.79 Å². The molecule has 76 valence electrons. The average molecular weight is 266 g/mol. The van der Waals surface area contributed by atoms with E-state index in [0.29, 0.717) is 10.9 Å². The molecule has 0 radical (unpaired) electrons. The number of nitrogens with one attached hydrogen (secondary N) is 1. The third-order valence-corrected chi connectivity index (χ3v) is 2.55. The minimum Gasteiger partial charge on any atom is -0.293 e. The van der Waals surface area contributed by atoms with Gasteiger partial charge in [0.15, 0.2) is 5.78 Å². The molecule has 1 aromatic heterocycles. The van der Waals surface area contributed by atoms with E-state index in [1.165, 1.54) is 0 Å². The molecule has 1 N–H and O–H groups in total. The van der Waals surface area contributed by atoms with Gasteiger partial charge in [-0.1, -0.05) is 40.2 Å². The van der Waals surface area contributed by atoms with Crippen LogP contribution >= 0.6 is 15.9 Å². The molecule has 1 heterocycles. The summed E-state index contributed by atoms with van der Waals surface area (Å²) < 4.78 is 0. The van der Waals surface area contributed by atoms with Gasteiger partial charge in [-0.2, -0.15) is 15.4 Å². The molecule has 0 fully saturated rings. The predicted octanol–water partition coefficient (Wildman–Crippen LogP) is 2.05. The number of nitrogens with zero attached hydrogens (tertiary/aromatic N) is 2. The molecule has 15 heavy (non-hydrogen) atoms. The van der Waals surface area contributed by atoms with Gasteiger partial charge in [-0.15, -0.1) is 0 Å². The molecule has 0 atom stereocenters. The van der Waals surface area contributed by atoms with Crippen molar-refractivity contribution in [3.05, 3.63) is 36.0 Å². The van der Waals surface area contributed by atoms with E-state index in [1.54, 1.807) is 18.3 Å². The number of aromatic amines is 1. The van der Waals surface area contributed by atoms with Gasteiger partial charge in [-0.3, -0.25) is 4.79 Å². The van der Waals surface area contributed by atoms with Crippen molar-refractivity contribution in [1.29, 1.82) is 0 Å². The second kappa shape index (κ2) is 4.35.